The van der Waals surface area contributed by atoms with E-state index in [-0.39, 0.29) is 11.2 Å². The molecule has 0 unspecified atom stereocenters. The van der Waals surface area contributed by atoms with Crippen LogP contribution in [0.4, 0.5) is 5.69 Å². The Hall–Kier alpha value is -2.60. The molecule has 0 bridgehead atoms. The predicted octanol–water partition coefficient (Wildman–Crippen LogP) is 5.59. The molecule has 1 heterocycles. The third-order valence-corrected chi connectivity index (χ3v) is 5.89. The van der Waals surface area contributed by atoms with Gasteiger partial charge in [-0.15, -0.1) is 5.10 Å². The van der Waals surface area contributed by atoms with Gasteiger partial charge in [-0.2, -0.15) is 0 Å². The molecule has 3 aromatic rings. The molecule has 0 aliphatic rings. The van der Waals surface area contributed by atoms with Crippen LogP contribution in [0.3, 0.4) is 0 Å². The van der Waals surface area contributed by atoms with Crippen molar-refractivity contribution in [1.82, 2.24) is 15.2 Å². The van der Waals surface area contributed by atoms with Crippen molar-refractivity contribution >= 4 is 23.4 Å². The molecule has 2 N–H and O–H groups in total. The van der Waals surface area contributed by atoms with E-state index < -0.39 is 0 Å². The number of nitrogens with zero attached hydrogens (tertiary/aromatic N) is 2. The number of nitrogens with one attached hydrogen (secondary N) is 2. The zero-order valence-electron chi connectivity index (χ0n) is 17.6. The smallest absolute Gasteiger partial charge is 0.237 e. The van der Waals surface area contributed by atoms with Gasteiger partial charge < -0.3 is 5.32 Å². The second-order valence-electron chi connectivity index (χ2n) is 7.46. The lowest BCUT2D eigenvalue weighted by atomic mass is 9.98. The number of aryl methyl sites for hydroxylation is 2. The van der Waals surface area contributed by atoms with Gasteiger partial charge in [0.15, 0.2) is 5.82 Å². The first-order valence-electron chi connectivity index (χ1n) is 9.97. The van der Waals surface area contributed by atoms with Crippen LogP contribution in [0.1, 0.15) is 50.3 Å². The van der Waals surface area contributed by atoms with Gasteiger partial charge in [0.05, 0.1) is 5.25 Å². The maximum atomic E-state index is 12.8. The summed E-state index contributed by atoms with van der Waals surface area (Å²) < 4.78 is 0. The van der Waals surface area contributed by atoms with Gasteiger partial charge in [0.25, 0.3) is 0 Å². The topological polar surface area (TPSA) is 70.7 Å². The van der Waals surface area contributed by atoms with E-state index in [1.807, 2.05) is 38.1 Å². The molecule has 0 aliphatic carbocycles. The van der Waals surface area contributed by atoms with Gasteiger partial charge in [0.1, 0.15) is 0 Å². The Bertz CT molecular complexity index is 979. The number of para-hydroxylation sites is 1. The first-order valence-corrected chi connectivity index (χ1v) is 10.9. The van der Waals surface area contributed by atoms with E-state index in [0.29, 0.717) is 16.9 Å². The third kappa shape index (κ3) is 5.07. The van der Waals surface area contributed by atoms with E-state index in [4.69, 9.17) is 0 Å². The fourth-order valence-corrected chi connectivity index (χ4v) is 3.83. The predicted molar refractivity (Wildman–Crippen MR) is 120 cm³/mol. The number of benzene rings is 2. The number of aromatic nitrogens is 3. The molecule has 1 amide bonds. The van der Waals surface area contributed by atoms with Crippen molar-refractivity contribution in [3.63, 3.8) is 0 Å². The minimum absolute atomic E-state index is 0.0511. The molecular formula is C23H28N4OS. The average molecular weight is 409 g/mol. The van der Waals surface area contributed by atoms with Crippen LogP contribution in [0.2, 0.25) is 0 Å². The number of H-pyrrole nitrogens is 1. The van der Waals surface area contributed by atoms with Crippen molar-refractivity contribution in [2.45, 2.75) is 57.4 Å². The Labute approximate surface area is 176 Å². The Morgan fingerprint density at radius 3 is 2.52 bits per heavy atom. The quantitative estimate of drug-likeness (QED) is 0.500. The number of carbonyl (C=O) groups excluding carboxylic acids is 1. The first kappa shape index (κ1) is 21.1. The lowest BCUT2D eigenvalue weighted by Gasteiger charge is -2.18. The standard InChI is InChI=1S/C23H28N4OS/c1-6-17-10-12-18(13-11-17)21-25-23(27-26-21)29-16(5)22(28)24-20-15(4)8-7-9-19(20)14(2)3/h7-14,16H,6H2,1-5H3,(H,24,28)(H,25,26,27)/t16-/m0/s1. The van der Waals surface area contributed by atoms with Gasteiger partial charge in [0.2, 0.25) is 11.1 Å². The number of aromatic amines is 1. The zero-order chi connectivity index (χ0) is 21.0. The fraction of sp³-hybridized carbons (Fsp3) is 0.348. The van der Waals surface area contributed by atoms with Crippen LogP contribution in [-0.4, -0.2) is 26.3 Å². The minimum atomic E-state index is -0.319. The van der Waals surface area contributed by atoms with Crippen LogP contribution in [0.25, 0.3) is 11.4 Å². The van der Waals surface area contributed by atoms with Crippen LogP contribution >= 0.6 is 11.8 Å². The summed E-state index contributed by atoms with van der Waals surface area (Å²) in [4.78, 5) is 17.3. The van der Waals surface area contributed by atoms with Crippen molar-refractivity contribution in [1.29, 1.82) is 0 Å². The highest BCUT2D eigenvalue weighted by Crippen LogP contribution is 2.29. The summed E-state index contributed by atoms with van der Waals surface area (Å²) in [6.07, 6.45) is 1.00. The lowest BCUT2D eigenvalue weighted by Crippen LogP contribution is -2.24. The van der Waals surface area contributed by atoms with Crippen LogP contribution in [0.5, 0.6) is 0 Å². The van der Waals surface area contributed by atoms with E-state index >= 15 is 0 Å². The van der Waals surface area contributed by atoms with Crippen LogP contribution < -0.4 is 5.32 Å². The molecule has 0 radical (unpaired) electrons. The van der Waals surface area contributed by atoms with E-state index in [0.717, 1.165) is 28.8 Å². The van der Waals surface area contributed by atoms with Gasteiger partial charge in [-0.1, -0.05) is 75.0 Å². The Morgan fingerprint density at radius 1 is 1.14 bits per heavy atom. The van der Waals surface area contributed by atoms with E-state index in [1.165, 1.54) is 17.3 Å². The van der Waals surface area contributed by atoms with Gasteiger partial charge in [-0.25, -0.2) is 4.98 Å². The summed E-state index contributed by atoms with van der Waals surface area (Å²) >= 11 is 1.35. The third-order valence-electron chi connectivity index (χ3n) is 4.93. The number of rotatable bonds is 7. The summed E-state index contributed by atoms with van der Waals surface area (Å²) in [6.45, 7) is 10.3. The number of anilines is 1. The molecule has 1 atom stereocenters. The van der Waals surface area contributed by atoms with Crippen LogP contribution in [-0.2, 0) is 11.2 Å². The monoisotopic (exact) mass is 408 g/mol. The molecule has 1 aromatic heterocycles. The van der Waals surface area contributed by atoms with Crippen molar-refractivity contribution in [2.75, 3.05) is 5.32 Å². The Balaban J connectivity index is 1.68. The molecule has 2 aromatic carbocycles. The minimum Gasteiger partial charge on any atom is -0.325 e. The highest BCUT2D eigenvalue weighted by molar-refractivity contribution is 8.00. The van der Waals surface area contributed by atoms with E-state index in [2.05, 4.69) is 59.5 Å². The van der Waals surface area contributed by atoms with E-state index in [1.54, 1.807) is 0 Å². The second kappa shape index (κ2) is 9.27. The summed E-state index contributed by atoms with van der Waals surface area (Å²) in [7, 11) is 0. The average Bonchev–Trinajstić information content (AvgIpc) is 3.17. The molecule has 29 heavy (non-hydrogen) atoms. The molecule has 3 rings (SSSR count). The normalized spacial score (nSPS) is 12.2. The van der Waals surface area contributed by atoms with Crippen molar-refractivity contribution in [3.8, 4) is 11.4 Å². The van der Waals surface area contributed by atoms with Crippen molar-refractivity contribution in [2.24, 2.45) is 0 Å². The van der Waals surface area contributed by atoms with Crippen LogP contribution in [0, 0.1) is 6.92 Å². The Morgan fingerprint density at radius 2 is 1.86 bits per heavy atom. The molecule has 6 heteroatoms. The molecule has 0 fully saturated rings. The molecule has 0 saturated heterocycles. The maximum Gasteiger partial charge on any atom is 0.237 e. The number of hydrogen-bond acceptors (Lipinski definition) is 4. The molecule has 5 nitrogen and oxygen atoms in total. The fourth-order valence-electron chi connectivity index (χ4n) is 3.11. The molecule has 0 spiro atoms. The van der Waals surface area contributed by atoms with E-state index in [9.17, 15) is 4.79 Å². The van der Waals surface area contributed by atoms with Gasteiger partial charge in [-0.3, -0.25) is 9.89 Å². The van der Waals surface area contributed by atoms with Gasteiger partial charge >= 0.3 is 0 Å². The highest BCUT2D eigenvalue weighted by atomic mass is 32.2. The largest absolute Gasteiger partial charge is 0.325 e. The second-order valence-corrected chi connectivity index (χ2v) is 8.77. The SMILES string of the molecule is CCc1ccc(-c2nc(S[C@@H](C)C(=O)Nc3c(C)cccc3C(C)C)n[nH]2)cc1. The molecule has 0 saturated carbocycles. The van der Waals surface area contributed by atoms with Crippen molar-refractivity contribution < 1.29 is 4.79 Å². The molecule has 0 aliphatic heterocycles. The van der Waals surface area contributed by atoms with Gasteiger partial charge in [0, 0.05) is 11.3 Å². The van der Waals surface area contributed by atoms with Gasteiger partial charge in [-0.05, 0) is 42.9 Å². The number of hydrogen-bond donors (Lipinski definition) is 2. The maximum absolute atomic E-state index is 12.8. The summed E-state index contributed by atoms with van der Waals surface area (Å²) in [5.41, 5.74) is 5.39. The summed E-state index contributed by atoms with van der Waals surface area (Å²) in [5, 5.41) is 10.6. The van der Waals surface area contributed by atoms with Crippen LogP contribution in [0.15, 0.2) is 47.6 Å². The van der Waals surface area contributed by atoms with Crippen molar-refractivity contribution in [3.05, 3.63) is 59.2 Å². The number of amides is 1. The highest BCUT2D eigenvalue weighted by Gasteiger charge is 2.20. The summed E-state index contributed by atoms with van der Waals surface area (Å²) in [6, 6.07) is 14.4. The number of carbonyl (C=O) groups is 1. The first-order chi connectivity index (χ1) is 13.9. The summed E-state index contributed by atoms with van der Waals surface area (Å²) in [5.74, 6) is 0.997. The number of thioether (sulfide) groups is 1. The molecular weight excluding hydrogens is 380 g/mol. The zero-order valence-corrected chi connectivity index (χ0v) is 18.4. The Kier molecular flexibility index (Phi) is 6.75. The molecule has 152 valence electrons. The lowest BCUT2D eigenvalue weighted by molar-refractivity contribution is -0.115.